The lowest BCUT2D eigenvalue weighted by Crippen LogP contribution is -1.92. The third-order valence-electron chi connectivity index (χ3n) is 4.28. The lowest BCUT2D eigenvalue weighted by atomic mass is 10.1. The van der Waals surface area contributed by atoms with Crippen molar-refractivity contribution >= 4 is 28.4 Å². The molecule has 0 fully saturated rings. The molecule has 0 N–H and O–H groups in total. The number of fused-ring (bicyclic) bond motifs is 2. The largest absolute Gasteiger partial charge is 0.348 e. The summed E-state index contributed by atoms with van der Waals surface area (Å²) in [5, 5.41) is 22.0. The number of aryl methyl sites for hydroxylation is 1. The van der Waals surface area contributed by atoms with E-state index >= 15 is 0 Å². The van der Waals surface area contributed by atoms with Gasteiger partial charge < -0.3 is 4.57 Å². The molecule has 4 rings (SSSR count). The first-order valence-electron chi connectivity index (χ1n) is 8.16. The van der Waals surface area contributed by atoms with E-state index in [4.69, 9.17) is 0 Å². The summed E-state index contributed by atoms with van der Waals surface area (Å²) in [6.45, 7) is 2.84. The zero-order valence-corrected chi connectivity index (χ0v) is 14.2. The highest BCUT2D eigenvalue weighted by molar-refractivity contribution is 5.82. The van der Waals surface area contributed by atoms with Crippen molar-refractivity contribution in [2.24, 2.45) is 0 Å². The van der Waals surface area contributed by atoms with Crippen LogP contribution in [0, 0.1) is 20.2 Å². The number of non-ortho nitro benzene ring substituents is 2. The van der Waals surface area contributed by atoms with E-state index < -0.39 is 0 Å². The summed E-state index contributed by atoms with van der Waals surface area (Å²) >= 11 is 0. The van der Waals surface area contributed by atoms with E-state index in [1.165, 1.54) is 12.1 Å². The van der Waals surface area contributed by atoms with Gasteiger partial charge in [-0.15, -0.1) is 0 Å². The summed E-state index contributed by atoms with van der Waals surface area (Å²) in [4.78, 5) is 20.2. The van der Waals surface area contributed by atoms with E-state index in [0.717, 1.165) is 35.0 Å². The number of hydrogen-bond donors (Lipinski definition) is 0. The number of nitro benzene ring substituents is 2. The Balaban J connectivity index is 0.000000152. The van der Waals surface area contributed by atoms with Gasteiger partial charge in [-0.2, -0.15) is 0 Å². The molecule has 1 aliphatic carbocycles. The highest BCUT2D eigenvalue weighted by Crippen LogP contribution is 2.24. The van der Waals surface area contributed by atoms with Crippen LogP contribution in [0.25, 0.3) is 17.0 Å². The number of hydrogen-bond acceptors (Lipinski definition) is 4. The minimum absolute atomic E-state index is 0.144. The Morgan fingerprint density at radius 2 is 1.69 bits per heavy atom. The van der Waals surface area contributed by atoms with Crippen molar-refractivity contribution in [1.82, 2.24) is 4.57 Å². The molecule has 1 heterocycles. The topological polar surface area (TPSA) is 91.2 Å². The number of benzene rings is 2. The second kappa shape index (κ2) is 7.18. The van der Waals surface area contributed by atoms with E-state index in [9.17, 15) is 20.2 Å². The lowest BCUT2D eigenvalue weighted by Gasteiger charge is -1.99. The number of nitro groups is 2. The van der Waals surface area contributed by atoms with Gasteiger partial charge in [-0.25, -0.2) is 0 Å². The van der Waals surface area contributed by atoms with Crippen molar-refractivity contribution < 1.29 is 9.85 Å². The van der Waals surface area contributed by atoms with Crippen molar-refractivity contribution in [2.45, 2.75) is 19.9 Å². The predicted molar refractivity (Wildman–Crippen MR) is 100 cm³/mol. The summed E-state index contributed by atoms with van der Waals surface area (Å²) < 4.78 is 1.99. The molecule has 0 atom stereocenters. The molecule has 7 heteroatoms. The molecular formula is C19H17N3O4. The summed E-state index contributed by atoms with van der Waals surface area (Å²) in [7, 11) is 0. The average molecular weight is 351 g/mol. The number of rotatable bonds is 3. The van der Waals surface area contributed by atoms with Crippen molar-refractivity contribution in [2.75, 3.05) is 0 Å². The highest BCUT2D eigenvalue weighted by atomic mass is 16.6. The molecule has 0 amide bonds. The molecule has 1 aromatic heterocycles. The summed E-state index contributed by atoms with van der Waals surface area (Å²) in [5.41, 5.74) is 3.38. The summed E-state index contributed by atoms with van der Waals surface area (Å²) in [6, 6.07) is 11.8. The normalized spacial score (nSPS) is 11.7. The zero-order valence-electron chi connectivity index (χ0n) is 14.2. The number of allylic oxidation sites excluding steroid dienone is 1. The van der Waals surface area contributed by atoms with Crippen LogP contribution >= 0.6 is 0 Å². The fourth-order valence-corrected chi connectivity index (χ4v) is 2.92. The van der Waals surface area contributed by atoms with Crippen molar-refractivity contribution in [3.8, 4) is 0 Å². The van der Waals surface area contributed by atoms with Crippen LogP contribution in [0.2, 0.25) is 0 Å². The van der Waals surface area contributed by atoms with Crippen molar-refractivity contribution in [1.29, 1.82) is 0 Å². The maximum Gasteiger partial charge on any atom is 0.271 e. The molecule has 0 saturated carbocycles. The van der Waals surface area contributed by atoms with Crippen LogP contribution in [-0.2, 0) is 13.0 Å². The standard InChI is InChI=1S/C10H10N2O2.C9H7NO2/c1-2-11-6-5-8-3-4-9(12(13)14)7-10(8)11;11-10(12)9-5-4-7-2-1-3-8(7)6-9/h3-7H,2H2,1H3;1-2,4-6H,3H2. The average Bonchev–Trinajstić information content (AvgIpc) is 3.27. The maximum absolute atomic E-state index is 10.6. The molecule has 2 aromatic carbocycles. The van der Waals surface area contributed by atoms with E-state index in [0.29, 0.717) is 0 Å². The molecular weight excluding hydrogens is 334 g/mol. The smallest absolute Gasteiger partial charge is 0.271 e. The van der Waals surface area contributed by atoms with Crippen LogP contribution in [0.5, 0.6) is 0 Å². The Morgan fingerprint density at radius 3 is 2.38 bits per heavy atom. The predicted octanol–water partition coefficient (Wildman–Crippen LogP) is 4.73. The van der Waals surface area contributed by atoms with Gasteiger partial charge in [0.15, 0.2) is 0 Å². The van der Waals surface area contributed by atoms with Crippen LogP contribution in [0.15, 0.2) is 54.7 Å². The molecule has 132 valence electrons. The Morgan fingerprint density at radius 1 is 1.00 bits per heavy atom. The van der Waals surface area contributed by atoms with E-state index in [2.05, 4.69) is 0 Å². The van der Waals surface area contributed by atoms with Gasteiger partial charge in [-0.05, 0) is 42.7 Å². The molecule has 0 spiro atoms. The first-order chi connectivity index (χ1) is 12.5. The fraction of sp³-hybridized carbons (Fsp3) is 0.158. The highest BCUT2D eigenvalue weighted by Gasteiger charge is 2.11. The van der Waals surface area contributed by atoms with Crippen LogP contribution in [-0.4, -0.2) is 14.4 Å². The minimum atomic E-state index is -0.369. The van der Waals surface area contributed by atoms with Crippen molar-refractivity contribution in [3.63, 3.8) is 0 Å². The molecule has 0 radical (unpaired) electrons. The zero-order chi connectivity index (χ0) is 18.7. The Labute approximate surface area is 149 Å². The van der Waals surface area contributed by atoms with Gasteiger partial charge in [0.2, 0.25) is 0 Å². The van der Waals surface area contributed by atoms with Gasteiger partial charge in [-0.3, -0.25) is 20.2 Å². The Hall–Kier alpha value is -3.48. The van der Waals surface area contributed by atoms with E-state index in [-0.39, 0.29) is 21.2 Å². The first kappa shape index (κ1) is 17.3. The Bertz CT molecular complexity index is 1020. The number of aromatic nitrogens is 1. The molecule has 0 unspecified atom stereocenters. The fourth-order valence-electron chi connectivity index (χ4n) is 2.92. The lowest BCUT2D eigenvalue weighted by molar-refractivity contribution is -0.385. The second-order valence-electron chi connectivity index (χ2n) is 5.85. The van der Waals surface area contributed by atoms with Gasteiger partial charge in [0.05, 0.1) is 15.4 Å². The third kappa shape index (κ3) is 3.46. The molecule has 7 nitrogen and oxygen atoms in total. The first-order valence-corrected chi connectivity index (χ1v) is 8.16. The van der Waals surface area contributed by atoms with Crippen LogP contribution in [0.1, 0.15) is 18.1 Å². The van der Waals surface area contributed by atoms with Crippen LogP contribution in [0.4, 0.5) is 11.4 Å². The maximum atomic E-state index is 10.6. The van der Waals surface area contributed by atoms with E-state index in [1.54, 1.807) is 24.3 Å². The molecule has 0 saturated heterocycles. The van der Waals surface area contributed by atoms with Gasteiger partial charge >= 0.3 is 0 Å². The second-order valence-corrected chi connectivity index (χ2v) is 5.85. The molecule has 3 aromatic rings. The quantitative estimate of drug-likeness (QED) is 0.503. The van der Waals surface area contributed by atoms with Crippen LogP contribution in [0.3, 0.4) is 0 Å². The van der Waals surface area contributed by atoms with E-state index in [1.807, 2.05) is 35.9 Å². The molecule has 0 bridgehead atoms. The number of nitrogens with zero attached hydrogens (tertiary/aromatic N) is 3. The monoisotopic (exact) mass is 351 g/mol. The van der Waals surface area contributed by atoms with Gasteiger partial charge in [0, 0.05) is 42.4 Å². The Kier molecular flexibility index (Phi) is 4.79. The van der Waals surface area contributed by atoms with Gasteiger partial charge in [0.25, 0.3) is 11.4 Å². The minimum Gasteiger partial charge on any atom is -0.348 e. The molecule has 1 aliphatic rings. The van der Waals surface area contributed by atoms with Crippen LogP contribution < -0.4 is 0 Å². The molecule has 0 aliphatic heterocycles. The molecule has 26 heavy (non-hydrogen) atoms. The van der Waals surface area contributed by atoms with Gasteiger partial charge in [0.1, 0.15) is 0 Å². The SMILES string of the molecule is CCn1ccc2ccc([N+](=O)[O-])cc21.O=[N+]([O-])c1ccc2c(c1)CC=C2. The van der Waals surface area contributed by atoms with Gasteiger partial charge in [-0.1, -0.05) is 12.2 Å². The summed E-state index contributed by atoms with van der Waals surface area (Å²) in [5.74, 6) is 0. The summed E-state index contributed by atoms with van der Waals surface area (Å²) in [6.07, 6.45) is 6.75. The van der Waals surface area contributed by atoms with Crippen molar-refractivity contribution in [3.05, 3.63) is 86.1 Å². The third-order valence-corrected chi connectivity index (χ3v) is 4.28.